The Bertz CT molecular complexity index is 265. The molecule has 0 aromatic carbocycles. The summed E-state index contributed by atoms with van der Waals surface area (Å²) < 4.78 is 0. The number of hydrogen-bond acceptors (Lipinski definition) is 2. The predicted octanol–water partition coefficient (Wildman–Crippen LogP) is 1.55. The standard InChI is InChI=1S/C11H19NO3/c1-3-4-5-6-11(2)7-8(13)12-9(11)10(14)15/h9H,3-7H2,1-2H3,(H,12,13)(H,14,15). The van der Waals surface area contributed by atoms with Gasteiger partial charge in [0.2, 0.25) is 5.91 Å². The van der Waals surface area contributed by atoms with Crippen molar-refractivity contribution in [2.75, 3.05) is 0 Å². The van der Waals surface area contributed by atoms with E-state index < -0.39 is 17.4 Å². The molecular formula is C11H19NO3. The third-order valence-electron chi connectivity index (χ3n) is 3.17. The molecule has 2 N–H and O–H groups in total. The van der Waals surface area contributed by atoms with E-state index in [1.54, 1.807) is 0 Å². The van der Waals surface area contributed by atoms with Gasteiger partial charge in [-0.05, 0) is 6.42 Å². The number of aliphatic carboxylic acids is 1. The Morgan fingerprint density at radius 3 is 2.80 bits per heavy atom. The van der Waals surface area contributed by atoms with Crippen LogP contribution in [0.4, 0.5) is 0 Å². The van der Waals surface area contributed by atoms with Gasteiger partial charge in [0, 0.05) is 11.8 Å². The van der Waals surface area contributed by atoms with E-state index in [0.717, 1.165) is 25.7 Å². The highest BCUT2D eigenvalue weighted by atomic mass is 16.4. The van der Waals surface area contributed by atoms with Crippen LogP contribution in [0.25, 0.3) is 0 Å². The molecule has 15 heavy (non-hydrogen) atoms. The van der Waals surface area contributed by atoms with Gasteiger partial charge in [0.15, 0.2) is 0 Å². The van der Waals surface area contributed by atoms with Gasteiger partial charge < -0.3 is 10.4 Å². The molecule has 2 unspecified atom stereocenters. The first-order valence-electron chi connectivity index (χ1n) is 5.52. The number of hydrogen-bond donors (Lipinski definition) is 2. The number of carbonyl (C=O) groups is 2. The number of carboxylic acid groups (broad SMARTS) is 1. The van der Waals surface area contributed by atoms with Crippen LogP contribution in [0.1, 0.15) is 46.0 Å². The van der Waals surface area contributed by atoms with Crippen molar-refractivity contribution in [1.82, 2.24) is 5.32 Å². The minimum Gasteiger partial charge on any atom is -0.480 e. The summed E-state index contributed by atoms with van der Waals surface area (Å²) in [5, 5.41) is 11.5. The van der Waals surface area contributed by atoms with Crippen molar-refractivity contribution in [3.8, 4) is 0 Å². The SMILES string of the molecule is CCCCCC1(C)CC(=O)NC1C(=O)O. The lowest BCUT2D eigenvalue weighted by molar-refractivity contribution is -0.142. The van der Waals surface area contributed by atoms with Gasteiger partial charge in [-0.1, -0.05) is 33.1 Å². The molecule has 0 radical (unpaired) electrons. The first-order chi connectivity index (χ1) is 6.99. The summed E-state index contributed by atoms with van der Waals surface area (Å²) in [7, 11) is 0. The largest absolute Gasteiger partial charge is 0.480 e. The van der Waals surface area contributed by atoms with Gasteiger partial charge in [0.05, 0.1) is 0 Å². The van der Waals surface area contributed by atoms with E-state index in [1.807, 2.05) is 6.92 Å². The molecule has 0 aromatic heterocycles. The molecule has 1 aliphatic rings. The Kier molecular flexibility index (Phi) is 3.72. The minimum atomic E-state index is -0.917. The Morgan fingerprint density at radius 1 is 1.60 bits per heavy atom. The smallest absolute Gasteiger partial charge is 0.326 e. The number of amides is 1. The summed E-state index contributed by atoms with van der Waals surface area (Å²) >= 11 is 0. The Labute approximate surface area is 90.0 Å². The van der Waals surface area contributed by atoms with Gasteiger partial charge in [0.25, 0.3) is 0 Å². The molecule has 0 aliphatic carbocycles. The van der Waals surface area contributed by atoms with Crippen molar-refractivity contribution in [1.29, 1.82) is 0 Å². The molecule has 4 nitrogen and oxygen atoms in total. The number of nitrogens with one attached hydrogen (secondary N) is 1. The highest BCUT2D eigenvalue weighted by Crippen LogP contribution is 2.36. The van der Waals surface area contributed by atoms with Crippen LogP contribution in [-0.4, -0.2) is 23.0 Å². The maximum absolute atomic E-state index is 11.2. The lowest BCUT2D eigenvalue weighted by Crippen LogP contribution is -2.42. The van der Waals surface area contributed by atoms with E-state index in [1.165, 1.54) is 0 Å². The van der Waals surface area contributed by atoms with E-state index in [-0.39, 0.29) is 5.91 Å². The fourth-order valence-electron chi connectivity index (χ4n) is 2.23. The molecular weight excluding hydrogens is 194 g/mol. The predicted molar refractivity (Wildman–Crippen MR) is 56.4 cm³/mol. The van der Waals surface area contributed by atoms with Gasteiger partial charge >= 0.3 is 5.97 Å². The van der Waals surface area contributed by atoms with Crippen LogP contribution in [0.5, 0.6) is 0 Å². The van der Waals surface area contributed by atoms with Crippen LogP contribution >= 0.6 is 0 Å². The molecule has 1 aliphatic heterocycles. The highest BCUT2D eigenvalue weighted by Gasteiger charge is 2.46. The third-order valence-corrected chi connectivity index (χ3v) is 3.17. The van der Waals surface area contributed by atoms with Gasteiger partial charge in [-0.15, -0.1) is 0 Å². The molecule has 1 fully saturated rings. The minimum absolute atomic E-state index is 0.138. The lowest BCUT2D eigenvalue weighted by atomic mass is 9.78. The average molecular weight is 213 g/mol. The van der Waals surface area contributed by atoms with Crippen LogP contribution in [0.3, 0.4) is 0 Å². The number of unbranched alkanes of at least 4 members (excludes halogenated alkanes) is 2. The molecule has 0 spiro atoms. The summed E-state index contributed by atoms with van der Waals surface area (Å²) in [6, 6.07) is -0.707. The van der Waals surface area contributed by atoms with Crippen molar-refractivity contribution < 1.29 is 14.7 Å². The average Bonchev–Trinajstić information content (AvgIpc) is 2.42. The van der Waals surface area contributed by atoms with Gasteiger partial charge in [0.1, 0.15) is 6.04 Å². The van der Waals surface area contributed by atoms with Gasteiger partial charge in [-0.3, -0.25) is 4.79 Å². The third kappa shape index (κ3) is 2.70. The summed E-state index contributed by atoms with van der Waals surface area (Å²) in [4.78, 5) is 22.2. The molecule has 86 valence electrons. The van der Waals surface area contributed by atoms with Crippen LogP contribution < -0.4 is 5.32 Å². The van der Waals surface area contributed by atoms with Gasteiger partial charge in [-0.2, -0.15) is 0 Å². The fourth-order valence-corrected chi connectivity index (χ4v) is 2.23. The molecule has 1 amide bonds. The Balaban J connectivity index is 2.62. The van der Waals surface area contributed by atoms with E-state index in [2.05, 4.69) is 12.2 Å². The second-order valence-corrected chi connectivity index (χ2v) is 4.63. The summed E-state index contributed by atoms with van der Waals surface area (Å²) in [5.74, 6) is -1.05. The first kappa shape index (κ1) is 12.0. The zero-order chi connectivity index (χ0) is 11.5. The Hall–Kier alpha value is -1.06. The van der Waals surface area contributed by atoms with Crippen LogP contribution in [0.2, 0.25) is 0 Å². The molecule has 4 heteroatoms. The number of carboxylic acids is 1. The van der Waals surface area contributed by atoms with E-state index in [4.69, 9.17) is 5.11 Å². The number of carbonyl (C=O) groups excluding carboxylic acids is 1. The maximum atomic E-state index is 11.2. The van der Waals surface area contributed by atoms with E-state index in [0.29, 0.717) is 6.42 Å². The summed E-state index contributed by atoms with van der Waals surface area (Å²) in [6.07, 6.45) is 4.33. The molecule has 0 bridgehead atoms. The van der Waals surface area contributed by atoms with Crippen LogP contribution in [0.15, 0.2) is 0 Å². The molecule has 0 saturated carbocycles. The lowest BCUT2D eigenvalue weighted by Gasteiger charge is -2.26. The van der Waals surface area contributed by atoms with Crippen molar-refractivity contribution >= 4 is 11.9 Å². The highest BCUT2D eigenvalue weighted by molar-refractivity contribution is 5.89. The van der Waals surface area contributed by atoms with E-state index in [9.17, 15) is 9.59 Å². The molecule has 1 saturated heterocycles. The first-order valence-corrected chi connectivity index (χ1v) is 5.52. The van der Waals surface area contributed by atoms with Crippen molar-refractivity contribution in [2.45, 2.75) is 52.0 Å². The topological polar surface area (TPSA) is 66.4 Å². The summed E-state index contributed by atoms with van der Waals surface area (Å²) in [5.41, 5.74) is -0.405. The quantitative estimate of drug-likeness (QED) is 0.681. The Morgan fingerprint density at radius 2 is 2.27 bits per heavy atom. The van der Waals surface area contributed by atoms with Crippen LogP contribution in [0, 0.1) is 5.41 Å². The second-order valence-electron chi connectivity index (χ2n) is 4.63. The molecule has 1 rings (SSSR count). The number of rotatable bonds is 5. The van der Waals surface area contributed by atoms with E-state index >= 15 is 0 Å². The van der Waals surface area contributed by atoms with Crippen molar-refractivity contribution in [2.24, 2.45) is 5.41 Å². The van der Waals surface area contributed by atoms with Crippen LogP contribution in [-0.2, 0) is 9.59 Å². The fraction of sp³-hybridized carbons (Fsp3) is 0.818. The van der Waals surface area contributed by atoms with Gasteiger partial charge in [-0.25, -0.2) is 4.79 Å². The van der Waals surface area contributed by atoms with Crippen molar-refractivity contribution in [3.05, 3.63) is 0 Å². The normalized spacial score (nSPS) is 30.3. The summed E-state index contributed by atoms with van der Waals surface area (Å²) in [6.45, 7) is 3.99. The maximum Gasteiger partial charge on any atom is 0.326 e. The molecule has 1 heterocycles. The zero-order valence-electron chi connectivity index (χ0n) is 9.38. The molecule has 2 atom stereocenters. The monoisotopic (exact) mass is 213 g/mol. The zero-order valence-corrected chi connectivity index (χ0v) is 9.38. The van der Waals surface area contributed by atoms with Crippen molar-refractivity contribution in [3.63, 3.8) is 0 Å². The molecule has 0 aromatic rings. The second kappa shape index (κ2) is 4.64.